The van der Waals surface area contributed by atoms with E-state index in [0.717, 1.165) is 22.4 Å². The summed E-state index contributed by atoms with van der Waals surface area (Å²) in [5.41, 5.74) is 2.19. The Morgan fingerprint density at radius 3 is 2.63 bits per heavy atom. The van der Waals surface area contributed by atoms with Crippen molar-refractivity contribution in [2.24, 2.45) is 7.05 Å². The number of aryl methyl sites for hydroxylation is 2. The molecule has 0 saturated heterocycles. The third kappa shape index (κ3) is 3.82. The highest BCUT2D eigenvalue weighted by Gasteiger charge is 2.13. The lowest BCUT2D eigenvalue weighted by molar-refractivity contribution is -0.384. The van der Waals surface area contributed by atoms with Crippen molar-refractivity contribution in [1.29, 1.82) is 0 Å². The van der Waals surface area contributed by atoms with E-state index in [-0.39, 0.29) is 10.7 Å². The van der Waals surface area contributed by atoms with E-state index in [1.807, 2.05) is 20.2 Å². The molecule has 3 aromatic rings. The molecular formula is C17H17ClN6O3. The van der Waals surface area contributed by atoms with Gasteiger partial charge in [0.1, 0.15) is 5.02 Å². The summed E-state index contributed by atoms with van der Waals surface area (Å²) in [6, 6.07) is 5.49. The molecule has 9 nitrogen and oxygen atoms in total. The highest BCUT2D eigenvalue weighted by molar-refractivity contribution is 6.32. The normalized spacial score (nSPS) is 10.8. The summed E-state index contributed by atoms with van der Waals surface area (Å²) >= 11 is 6.21. The number of nitrogens with zero attached hydrogens (tertiary/aromatic N) is 5. The molecule has 0 unspecified atom stereocenters. The average molecular weight is 389 g/mol. The zero-order valence-corrected chi connectivity index (χ0v) is 15.5. The van der Waals surface area contributed by atoms with Crippen LogP contribution in [-0.2, 0) is 20.0 Å². The van der Waals surface area contributed by atoms with Crippen LogP contribution >= 0.6 is 11.6 Å². The van der Waals surface area contributed by atoms with Gasteiger partial charge in [0, 0.05) is 37.5 Å². The van der Waals surface area contributed by atoms with E-state index < -0.39 is 10.5 Å². The topological polar surface area (TPSA) is 108 Å². The first-order chi connectivity index (χ1) is 12.9. The molecule has 3 rings (SSSR count). The second-order valence-corrected chi connectivity index (χ2v) is 6.22. The van der Waals surface area contributed by atoms with Crippen LogP contribution in [0, 0.1) is 10.1 Å². The van der Waals surface area contributed by atoms with Crippen LogP contribution in [0.25, 0.3) is 5.69 Å². The number of aromatic nitrogens is 4. The fraction of sp³-hybridized carbons (Fsp3) is 0.235. The van der Waals surface area contributed by atoms with Crippen LogP contribution in [-0.4, -0.2) is 24.5 Å². The molecule has 0 bridgehead atoms. The summed E-state index contributed by atoms with van der Waals surface area (Å²) in [6.07, 6.45) is 4.16. The van der Waals surface area contributed by atoms with E-state index in [2.05, 4.69) is 15.5 Å². The summed E-state index contributed by atoms with van der Waals surface area (Å²) in [7, 11) is 1.85. The summed E-state index contributed by atoms with van der Waals surface area (Å²) in [5, 5.41) is 22.3. The fourth-order valence-electron chi connectivity index (χ4n) is 2.67. The number of halogens is 1. The molecule has 2 heterocycles. The predicted octanol–water partition coefficient (Wildman–Crippen LogP) is 2.70. The van der Waals surface area contributed by atoms with Crippen LogP contribution in [0.4, 0.5) is 11.4 Å². The van der Waals surface area contributed by atoms with Gasteiger partial charge in [-0.1, -0.05) is 18.5 Å². The van der Waals surface area contributed by atoms with Gasteiger partial charge in [-0.25, -0.2) is 0 Å². The van der Waals surface area contributed by atoms with Gasteiger partial charge in [0.05, 0.1) is 28.2 Å². The standard InChI is InChI=1S/C17H17ClN6O3/c1-3-14-11(10-22(2)21-14)8-19-15-9-20-23(17(25)16(15)18)12-4-6-13(7-5-12)24(26)27/h4-7,9-10,19H,3,8H2,1-2H3. The van der Waals surface area contributed by atoms with Gasteiger partial charge in [0.25, 0.3) is 11.2 Å². The number of rotatable bonds is 6. The molecule has 0 aliphatic carbocycles. The van der Waals surface area contributed by atoms with E-state index in [0.29, 0.717) is 17.9 Å². The quantitative estimate of drug-likeness (QED) is 0.513. The largest absolute Gasteiger partial charge is 0.378 e. The smallest absolute Gasteiger partial charge is 0.292 e. The molecule has 0 amide bonds. The van der Waals surface area contributed by atoms with Crippen molar-refractivity contribution in [2.75, 3.05) is 5.32 Å². The molecule has 1 aromatic carbocycles. The number of nitro benzene ring substituents is 1. The maximum atomic E-state index is 12.5. The minimum absolute atomic E-state index is 0.00899. The third-order valence-electron chi connectivity index (χ3n) is 4.02. The average Bonchev–Trinajstić information content (AvgIpc) is 3.03. The molecule has 10 heteroatoms. The summed E-state index contributed by atoms with van der Waals surface area (Å²) < 4.78 is 2.83. The van der Waals surface area contributed by atoms with Gasteiger partial charge < -0.3 is 5.32 Å². The molecule has 0 fully saturated rings. The Morgan fingerprint density at radius 1 is 1.30 bits per heavy atom. The molecule has 0 atom stereocenters. The zero-order chi connectivity index (χ0) is 19.6. The summed E-state index contributed by atoms with van der Waals surface area (Å²) in [5.74, 6) is 0. The molecule has 27 heavy (non-hydrogen) atoms. The van der Waals surface area contributed by atoms with Crippen LogP contribution in [0.5, 0.6) is 0 Å². The van der Waals surface area contributed by atoms with Crippen molar-refractivity contribution >= 4 is 23.0 Å². The van der Waals surface area contributed by atoms with E-state index in [4.69, 9.17) is 11.6 Å². The minimum atomic E-state index is -0.516. The van der Waals surface area contributed by atoms with Crippen molar-refractivity contribution in [3.05, 3.63) is 73.4 Å². The molecule has 0 radical (unpaired) electrons. The SMILES string of the molecule is CCc1nn(C)cc1CNc1cnn(-c2ccc([N+](=O)[O-])cc2)c(=O)c1Cl. The van der Waals surface area contributed by atoms with Gasteiger partial charge in [0.2, 0.25) is 0 Å². The molecule has 0 saturated carbocycles. The maximum Gasteiger partial charge on any atom is 0.292 e. The van der Waals surface area contributed by atoms with Crippen molar-refractivity contribution in [3.8, 4) is 5.69 Å². The molecule has 0 aliphatic heterocycles. The second-order valence-electron chi connectivity index (χ2n) is 5.84. The fourth-order valence-corrected chi connectivity index (χ4v) is 2.87. The summed E-state index contributed by atoms with van der Waals surface area (Å²) in [4.78, 5) is 22.8. The molecule has 2 aromatic heterocycles. The molecule has 140 valence electrons. The van der Waals surface area contributed by atoms with Crippen LogP contribution in [0.1, 0.15) is 18.2 Å². The van der Waals surface area contributed by atoms with Crippen molar-refractivity contribution < 1.29 is 4.92 Å². The number of benzene rings is 1. The Bertz CT molecular complexity index is 1040. The predicted molar refractivity (Wildman–Crippen MR) is 101 cm³/mol. The van der Waals surface area contributed by atoms with Gasteiger partial charge in [-0.15, -0.1) is 0 Å². The lowest BCUT2D eigenvalue weighted by atomic mass is 10.2. The van der Waals surface area contributed by atoms with Crippen molar-refractivity contribution in [1.82, 2.24) is 19.6 Å². The van der Waals surface area contributed by atoms with Gasteiger partial charge >= 0.3 is 0 Å². The number of nitrogens with one attached hydrogen (secondary N) is 1. The maximum absolute atomic E-state index is 12.5. The molecular weight excluding hydrogens is 372 g/mol. The van der Waals surface area contributed by atoms with Gasteiger partial charge in [0.15, 0.2) is 0 Å². The van der Waals surface area contributed by atoms with E-state index in [1.165, 1.54) is 30.5 Å². The van der Waals surface area contributed by atoms with E-state index in [1.54, 1.807) is 4.68 Å². The molecule has 0 aliphatic rings. The Kier molecular flexibility index (Phi) is 5.22. The van der Waals surface area contributed by atoms with E-state index in [9.17, 15) is 14.9 Å². The number of hydrogen-bond acceptors (Lipinski definition) is 6. The van der Waals surface area contributed by atoms with Crippen LogP contribution < -0.4 is 10.9 Å². The lowest BCUT2D eigenvalue weighted by Crippen LogP contribution is -2.22. The highest BCUT2D eigenvalue weighted by Crippen LogP contribution is 2.19. The van der Waals surface area contributed by atoms with E-state index >= 15 is 0 Å². The van der Waals surface area contributed by atoms with Gasteiger partial charge in [-0.3, -0.25) is 19.6 Å². The van der Waals surface area contributed by atoms with Crippen LogP contribution in [0.3, 0.4) is 0 Å². The molecule has 0 spiro atoms. The van der Waals surface area contributed by atoms with Gasteiger partial charge in [-0.05, 0) is 18.6 Å². The summed E-state index contributed by atoms with van der Waals surface area (Å²) in [6.45, 7) is 2.48. The van der Waals surface area contributed by atoms with Crippen LogP contribution in [0.15, 0.2) is 41.5 Å². The Labute approximate surface area is 159 Å². The zero-order valence-electron chi connectivity index (χ0n) is 14.7. The number of non-ortho nitro benzene ring substituents is 1. The number of hydrogen-bond donors (Lipinski definition) is 1. The Morgan fingerprint density at radius 2 is 2.00 bits per heavy atom. The first kappa shape index (κ1) is 18.6. The third-order valence-corrected chi connectivity index (χ3v) is 4.39. The molecule has 1 N–H and O–H groups in total. The first-order valence-corrected chi connectivity index (χ1v) is 8.56. The highest BCUT2D eigenvalue weighted by atomic mass is 35.5. The monoisotopic (exact) mass is 388 g/mol. The van der Waals surface area contributed by atoms with Crippen LogP contribution in [0.2, 0.25) is 5.02 Å². The van der Waals surface area contributed by atoms with Crippen molar-refractivity contribution in [3.63, 3.8) is 0 Å². The second kappa shape index (κ2) is 7.58. The Hall–Kier alpha value is -3.20. The Balaban J connectivity index is 1.84. The first-order valence-electron chi connectivity index (χ1n) is 8.18. The van der Waals surface area contributed by atoms with Crippen molar-refractivity contribution in [2.45, 2.75) is 19.9 Å². The van der Waals surface area contributed by atoms with Gasteiger partial charge in [-0.2, -0.15) is 14.9 Å². The number of nitro groups is 1. The lowest BCUT2D eigenvalue weighted by Gasteiger charge is -2.10. The minimum Gasteiger partial charge on any atom is -0.378 e. The number of anilines is 1.